The van der Waals surface area contributed by atoms with Gasteiger partial charge in [0.1, 0.15) is 22.3 Å². The van der Waals surface area contributed by atoms with Gasteiger partial charge in [0.25, 0.3) is 0 Å². The van der Waals surface area contributed by atoms with Crippen molar-refractivity contribution in [2.75, 3.05) is 4.90 Å². The SMILES string of the molecule is CC(C)(C)c1ccc(N(c2ccc3c(c2)oc2ccc(C(C)(C)C)cc23)c2ccc3ccccc3c2-c2cccc3oc4ccccc4c23)cc1. The molecule has 0 radical (unpaired) electrons. The second-order valence-corrected chi connectivity index (χ2v) is 15.8. The van der Waals surface area contributed by atoms with Crippen LogP contribution in [0.5, 0.6) is 0 Å². The van der Waals surface area contributed by atoms with Gasteiger partial charge in [0.2, 0.25) is 0 Å². The fourth-order valence-corrected chi connectivity index (χ4v) is 7.62. The minimum absolute atomic E-state index is 0.0363. The quantitative estimate of drug-likeness (QED) is 0.188. The Morgan fingerprint density at radius 3 is 1.86 bits per heavy atom. The Balaban J connectivity index is 1.34. The van der Waals surface area contributed by atoms with Gasteiger partial charge in [-0.1, -0.05) is 120 Å². The van der Waals surface area contributed by atoms with E-state index in [9.17, 15) is 0 Å². The molecule has 3 heteroatoms. The lowest BCUT2D eigenvalue weighted by atomic mass is 9.86. The summed E-state index contributed by atoms with van der Waals surface area (Å²) >= 11 is 0. The van der Waals surface area contributed by atoms with Crippen LogP contribution in [0.2, 0.25) is 0 Å². The lowest BCUT2D eigenvalue weighted by Gasteiger charge is -2.29. The van der Waals surface area contributed by atoms with Gasteiger partial charge in [-0.3, -0.25) is 0 Å². The lowest BCUT2D eigenvalue weighted by Crippen LogP contribution is -2.14. The fraction of sp³-hybridized carbons (Fsp3) is 0.167. The summed E-state index contributed by atoms with van der Waals surface area (Å²) < 4.78 is 13.0. The van der Waals surface area contributed by atoms with E-state index in [-0.39, 0.29) is 10.8 Å². The Labute approximate surface area is 298 Å². The lowest BCUT2D eigenvalue weighted by molar-refractivity contribution is 0.590. The van der Waals surface area contributed by atoms with Gasteiger partial charge in [0, 0.05) is 44.5 Å². The molecule has 7 aromatic carbocycles. The molecule has 0 N–H and O–H groups in total. The topological polar surface area (TPSA) is 29.5 Å². The van der Waals surface area contributed by atoms with Crippen LogP contribution in [0.1, 0.15) is 52.7 Å². The molecule has 0 unspecified atom stereocenters. The molecule has 9 aromatic rings. The first kappa shape index (κ1) is 31.2. The highest BCUT2D eigenvalue weighted by Gasteiger charge is 2.24. The highest BCUT2D eigenvalue weighted by Crippen LogP contribution is 2.48. The van der Waals surface area contributed by atoms with Gasteiger partial charge >= 0.3 is 0 Å². The first-order valence-electron chi connectivity index (χ1n) is 17.8. The van der Waals surface area contributed by atoms with Crippen LogP contribution in [-0.2, 0) is 10.8 Å². The van der Waals surface area contributed by atoms with Crippen molar-refractivity contribution in [3.05, 3.63) is 151 Å². The third kappa shape index (κ3) is 5.19. The zero-order valence-electron chi connectivity index (χ0n) is 30.0. The molecule has 0 amide bonds. The van der Waals surface area contributed by atoms with Gasteiger partial charge < -0.3 is 13.7 Å². The average molecular weight is 664 g/mol. The highest BCUT2D eigenvalue weighted by atomic mass is 16.3. The molecule has 3 nitrogen and oxygen atoms in total. The molecular weight excluding hydrogens is 623 g/mol. The van der Waals surface area contributed by atoms with Crippen molar-refractivity contribution in [1.29, 1.82) is 0 Å². The monoisotopic (exact) mass is 663 g/mol. The van der Waals surface area contributed by atoms with E-state index in [4.69, 9.17) is 8.83 Å². The first-order valence-corrected chi connectivity index (χ1v) is 17.8. The molecule has 0 aliphatic heterocycles. The van der Waals surface area contributed by atoms with E-state index in [0.717, 1.165) is 72.1 Å². The van der Waals surface area contributed by atoms with Crippen LogP contribution >= 0.6 is 0 Å². The van der Waals surface area contributed by atoms with Crippen LogP contribution in [0.3, 0.4) is 0 Å². The normalized spacial score (nSPS) is 12.5. The van der Waals surface area contributed by atoms with E-state index in [0.29, 0.717) is 0 Å². The van der Waals surface area contributed by atoms with Crippen molar-refractivity contribution >= 4 is 71.7 Å². The van der Waals surface area contributed by atoms with Crippen molar-refractivity contribution in [3.63, 3.8) is 0 Å². The van der Waals surface area contributed by atoms with Crippen molar-refractivity contribution in [3.8, 4) is 11.1 Å². The van der Waals surface area contributed by atoms with Gasteiger partial charge in [-0.25, -0.2) is 0 Å². The minimum atomic E-state index is 0.0363. The smallest absolute Gasteiger partial charge is 0.137 e. The molecule has 0 saturated heterocycles. The summed E-state index contributed by atoms with van der Waals surface area (Å²) in [5.41, 5.74) is 11.7. The highest BCUT2D eigenvalue weighted by molar-refractivity contribution is 6.18. The maximum atomic E-state index is 6.59. The zero-order valence-corrected chi connectivity index (χ0v) is 30.0. The molecule has 0 saturated carbocycles. The molecule has 9 rings (SSSR count). The number of furan rings is 2. The second kappa shape index (κ2) is 11.4. The van der Waals surface area contributed by atoms with Crippen molar-refractivity contribution in [2.45, 2.75) is 52.4 Å². The largest absolute Gasteiger partial charge is 0.456 e. The standard InChI is InChI=1S/C48H41NO2/c1-47(2,3)31-19-22-33(23-20-31)49(34-24-25-36-39-28-32(48(4,5)6)21-27-42(39)51-44(36)29-34)40-26-18-30-12-7-8-13-35(30)45(40)38-15-11-17-43-46(38)37-14-9-10-16-41(37)50-43/h7-29H,1-6H3. The van der Waals surface area contributed by atoms with Gasteiger partial charge in [-0.05, 0) is 92.9 Å². The molecule has 250 valence electrons. The van der Waals surface area contributed by atoms with Gasteiger partial charge in [0.15, 0.2) is 0 Å². The maximum Gasteiger partial charge on any atom is 0.137 e. The number of para-hydroxylation sites is 1. The van der Waals surface area contributed by atoms with E-state index >= 15 is 0 Å². The molecule has 0 bridgehead atoms. The fourth-order valence-electron chi connectivity index (χ4n) is 7.62. The zero-order chi connectivity index (χ0) is 35.1. The average Bonchev–Trinajstić information content (AvgIpc) is 3.69. The molecular formula is C48H41NO2. The third-order valence-electron chi connectivity index (χ3n) is 10.4. The van der Waals surface area contributed by atoms with Crippen molar-refractivity contribution in [1.82, 2.24) is 0 Å². The Morgan fingerprint density at radius 1 is 0.431 bits per heavy atom. The van der Waals surface area contributed by atoms with Crippen LogP contribution in [0.15, 0.2) is 148 Å². The number of anilines is 3. The summed E-state index contributed by atoms with van der Waals surface area (Å²) in [6.45, 7) is 13.6. The number of rotatable bonds is 4. The van der Waals surface area contributed by atoms with Crippen LogP contribution < -0.4 is 4.90 Å². The van der Waals surface area contributed by atoms with Crippen LogP contribution in [0.25, 0.3) is 65.8 Å². The van der Waals surface area contributed by atoms with Gasteiger partial charge in [0.05, 0.1) is 5.69 Å². The molecule has 2 heterocycles. The summed E-state index contributed by atoms with van der Waals surface area (Å²) in [6.07, 6.45) is 0. The summed E-state index contributed by atoms with van der Waals surface area (Å²) in [5, 5.41) is 6.87. The Bertz CT molecular complexity index is 2770. The number of hydrogen-bond acceptors (Lipinski definition) is 3. The maximum absolute atomic E-state index is 6.59. The molecule has 2 aromatic heterocycles. The predicted octanol–water partition coefficient (Wildman–Crippen LogP) is 14.4. The van der Waals surface area contributed by atoms with Crippen molar-refractivity contribution < 1.29 is 8.83 Å². The van der Waals surface area contributed by atoms with E-state index in [2.05, 4.69) is 180 Å². The number of fused-ring (bicyclic) bond motifs is 7. The van der Waals surface area contributed by atoms with Crippen LogP contribution in [0.4, 0.5) is 17.1 Å². The van der Waals surface area contributed by atoms with E-state index in [1.165, 1.54) is 21.9 Å². The molecule has 0 spiro atoms. The van der Waals surface area contributed by atoms with Gasteiger partial charge in [-0.15, -0.1) is 0 Å². The Morgan fingerprint density at radius 2 is 1.08 bits per heavy atom. The molecule has 0 fully saturated rings. The predicted molar refractivity (Wildman–Crippen MR) is 216 cm³/mol. The number of nitrogens with zero attached hydrogens (tertiary/aromatic N) is 1. The summed E-state index contributed by atoms with van der Waals surface area (Å²) in [4.78, 5) is 2.39. The second-order valence-electron chi connectivity index (χ2n) is 15.8. The van der Waals surface area contributed by atoms with E-state index in [1.54, 1.807) is 0 Å². The summed E-state index contributed by atoms with van der Waals surface area (Å²) in [6, 6.07) is 50.3. The van der Waals surface area contributed by atoms with Crippen LogP contribution in [-0.4, -0.2) is 0 Å². The van der Waals surface area contributed by atoms with Gasteiger partial charge in [-0.2, -0.15) is 0 Å². The molecule has 51 heavy (non-hydrogen) atoms. The Kier molecular flexibility index (Phi) is 6.95. The first-order chi connectivity index (χ1) is 24.5. The Hall–Kier alpha value is -5.80. The summed E-state index contributed by atoms with van der Waals surface area (Å²) in [5.74, 6) is 0. The molecule has 0 atom stereocenters. The minimum Gasteiger partial charge on any atom is -0.456 e. The number of hydrogen-bond donors (Lipinski definition) is 0. The number of benzene rings is 7. The van der Waals surface area contributed by atoms with E-state index < -0.39 is 0 Å². The third-order valence-corrected chi connectivity index (χ3v) is 10.4. The molecule has 0 aliphatic rings. The van der Waals surface area contributed by atoms with E-state index in [1.807, 2.05) is 6.07 Å². The summed E-state index contributed by atoms with van der Waals surface area (Å²) in [7, 11) is 0. The molecule has 0 aliphatic carbocycles. The van der Waals surface area contributed by atoms with Crippen molar-refractivity contribution in [2.24, 2.45) is 0 Å². The van der Waals surface area contributed by atoms with Crippen LogP contribution in [0, 0.1) is 0 Å².